The highest BCUT2D eigenvalue weighted by molar-refractivity contribution is 5.70. The standard InChI is InChI=1S/C21H40N2O6/c1-10-27-17(24)13-11-12-16(2)23(19(26)29-21(6,7)8)15-14-22(9)18(25)28-20(3,4)5/h16H,10-15H2,1-9H3/t16-/m1/s1. The number of hydrogen-bond donors (Lipinski definition) is 0. The van der Waals surface area contributed by atoms with Crippen LogP contribution in [0.4, 0.5) is 9.59 Å². The predicted molar refractivity (Wildman–Crippen MR) is 112 cm³/mol. The van der Waals surface area contributed by atoms with Crippen LogP contribution in [0.15, 0.2) is 0 Å². The van der Waals surface area contributed by atoms with Gasteiger partial charge in [-0.3, -0.25) is 4.79 Å². The molecule has 1 atom stereocenters. The number of carbonyl (C=O) groups is 3. The van der Waals surface area contributed by atoms with Gasteiger partial charge in [0.25, 0.3) is 0 Å². The first-order valence-electron chi connectivity index (χ1n) is 10.3. The SMILES string of the molecule is CCOC(=O)CCC[C@@H](C)N(CCN(C)C(=O)OC(C)(C)C)C(=O)OC(C)(C)C. The molecule has 2 amide bonds. The first-order valence-corrected chi connectivity index (χ1v) is 10.3. The Hall–Kier alpha value is -1.99. The second kappa shape index (κ2) is 11.9. The summed E-state index contributed by atoms with van der Waals surface area (Å²) < 4.78 is 15.8. The molecule has 0 saturated heterocycles. The van der Waals surface area contributed by atoms with Gasteiger partial charge in [-0.1, -0.05) is 0 Å². The molecule has 0 aromatic heterocycles. The van der Waals surface area contributed by atoms with Crippen LogP contribution in [0.3, 0.4) is 0 Å². The summed E-state index contributed by atoms with van der Waals surface area (Å²) in [7, 11) is 1.63. The fourth-order valence-corrected chi connectivity index (χ4v) is 2.43. The molecule has 0 fully saturated rings. The van der Waals surface area contributed by atoms with Gasteiger partial charge in [0.05, 0.1) is 6.61 Å². The molecule has 0 rings (SSSR count). The quantitative estimate of drug-likeness (QED) is 0.413. The summed E-state index contributed by atoms with van der Waals surface area (Å²) in [5.74, 6) is -0.242. The lowest BCUT2D eigenvalue weighted by atomic mass is 10.1. The third-order valence-electron chi connectivity index (χ3n) is 3.85. The molecule has 29 heavy (non-hydrogen) atoms. The highest BCUT2D eigenvalue weighted by atomic mass is 16.6. The molecule has 0 aliphatic rings. The highest BCUT2D eigenvalue weighted by Crippen LogP contribution is 2.16. The van der Waals surface area contributed by atoms with E-state index >= 15 is 0 Å². The van der Waals surface area contributed by atoms with Crippen molar-refractivity contribution in [1.82, 2.24) is 9.80 Å². The van der Waals surface area contributed by atoms with Gasteiger partial charge in [0.2, 0.25) is 0 Å². The van der Waals surface area contributed by atoms with E-state index in [9.17, 15) is 14.4 Å². The van der Waals surface area contributed by atoms with Crippen molar-refractivity contribution in [2.45, 2.75) is 91.9 Å². The fraction of sp³-hybridized carbons (Fsp3) is 0.857. The average molecular weight is 417 g/mol. The van der Waals surface area contributed by atoms with Crippen molar-refractivity contribution in [3.8, 4) is 0 Å². The zero-order valence-electron chi connectivity index (χ0n) is 19.7. The van der Waals surface area contributed by atoms with E-state index < -0.39 is 23.4 Å². The van der Waals surface area contributed by atoms with Gasteiger partial charge in [0, 0.05) is 32.6 Å². The third-order valence-corrected chi connectivity index (χ3v) is 3.85. The van der Waals surface area contributed by atoms with Crippen molar-refractivity contribution < 1.29 is 28.6 Å². The second-order valence-corrected chi connectivity index (χ2v) is 9.12. The van der Waals surface area contributed by atoms with Gasteiger partial charge < -0.3 is 24.0 Å². The number of hydrogen-bond acceptors (Lipinski definition) is 6. The summed E-state index contributed by atoms with van der Waals surface area (Å²) in [5, 5.41) is 0. The van der Waals surface area contributed by atoms with Crippen LogP contribution >= 0.6 is 0 Å². The summed E-state index contributed by atoms with van der Waals surface area (Å²) in [6.07, 6.45) is 0.628. The van der Waals surface area contributed by atoms with Crippen LogP contribution in [0, 0.1) is 0 Å². The molecule has 0 saturated carbocycles. The molecule has 0 aliphatic heterocycles. The van der Waals surface area contributed by atoms with E-state index in [0.29, 0.717) is 39.0 Å². The molecule has 0 bridgehead atoms. The smallest absolute Gasteiger partial charge is 0.410 e. The topological polar surface area (TPSA) is 85.4 Å². The number of ether oxygens (including phenoxy) is 3. The normalized spacial score (nSPS) is 12.7. The van der Waals surface area contributed by atoms with Gasteiger partial charge in [0.1, 0.15) is 11.2 Å². The molecule has 0 aromatic rings. The summed E-state index contributed by atoms with van der Waals surface area (Å²) >= 11 is 0. The van der Waals surface area contributed by atoms with Crippen molar-refractivity contribution in [1.29, 1.82) is 0 Å². The van der Waals surface area contributed by atoms with E-state index in [4.69, 9.17) is 14.2 Å². The number of likely N-dealkylation sites (N-methyl/N-ethyl adjacent to an activating group) is 1. The Morgan fingerprint density at radius 2 is 1.41 bits per heavy atom. The maximum Gasteiger partial charge on any atom is 0.410 e. The van der Waals surface area contributed by atoms with Gasteiger partial charge in [-0.15, -0.1) is 0 Å². The molecular formula is C21H40N2O6. The van der Waals surface area contributed by atoms with Crippen LogP contribution in [-0.2, 0) is 19.0 Å². The minimum absolute atomic E-state index is 0.161. The van der Waals surface area contributed by atoms with Crippen molar-refractivity contribution in [2.24, 2.45) is 0 Å². The summed E-state index contributed by atoms with van der Waals surface area (Å²) in [6.45, 7) is 15.5. The second-order valence-electron chi connectivity index (χ2n) is 9.12. The predicted octanol–water partition coefficient (Wildman–Crippen LogP) is 4.21. The molecule has 0 radical (unpaired) electrons. The van der Waals surface area contributed by atoms with Crippen molar-refractivity contribution in [2.75, 3.05) is 26.7 Å². The van der Waals surface area contributed by atoms with Gasteiger partial charge in [0.15, 0.2) is 0 Å². The van der Waals surface area contributed by atoms with Crippen LogP contribution in [0.2, 0.25) is 0 Å². The minimum Gasteiger partial charge on any atom is -0.466 e. The zero-order valence-corrected chi connectivity index (χ0v) is 19.7. The maximum absolute atomic E-state index is 12.7. The van der Waals surface area contributed by atoms with Gasteiger partial charge in [-0.25, -0.2) is 9.59 Å². The van der Waals surface area contributed by atoms with Crippen molar-refractivity contribution in [3.05, 3.63) is 0 Å². The monoisotopic (exact) mass is 416 g/mol. The lowest BCUT2D eigenvalue weighted by Crippen LogP contribution is -2.46. The molecule has 0 spiro atoms. The van der Waals surface area contributed by atoms with Gasteiger partial charge >= 0.3 is 18.2 Å². The van der Waals surface area contributed by atoms with E-state index in [1.807, 2.05) is 6.92 Å². The van der Waals surface area contributed by atoms with Crippen LogP contribution in [-0.4, -0.2) is 71.9 Å². The Kier molecular flexibility index (Phi) is 11.1. The molecule has 0 unspecified atom stereocenters. The third kappa shape index (κ3) is 13.0. The number of esters is 1. The molecule has 0 aliphatic carbocycles. The first-order chi connectivity index (χ1) is 13.2. The largest absolute Gasteiger partial charge is 0.466 e. The van der Waals surface area contributed by atoms with Crippen LogP contribution in [0.1, 0.15) is 74.7 Å². The van der Waals surface area contributed by atoms with Crippen LogP contribution < -0.4 is 0 Å². The van der Waals surface area contributed by atoms with Crippen LogP contribution in [0.5, 0.6) is 0 Å². The fourth-order valence-electron chi connectivity index (χ4n) is 2.43. The molecule has 0 aromatic carbocycles. The number of carbonyl (C=O) groups excluding carboxylic acids is 3. The highest BCUT2D eigenvalue weighted by Gasteiger charge is 2.27. The summed E-state index contributed by atoms with van der Waals surface area (Å²) in [5.41, 5.74) is -1.21. The Labute approximate surface area is 175 Å². The van der Waals surface area contributed by atoms with Gasteiger partial charge in [-0.2, -0.15) is 0 Å². The Bertz CT molecular complexity index is 536. The lowest BCUT2D eigenvalue weighted by molar-refractivity contribution is -0.143. The maximum atomic E-state index is 12.7. The molecule has 8 heteroatoms. The van der Waals surface area contributed by atoms with Crippen molar-refractivity contribution in [3.63, 3.8) is 0 Å². The lowest BCUT2D eigenvalue weighted by Gasteiger charge is -2.33. The Morgan fingerprint density at radius 1 is 0.897 bits per heavy atom. The first kappa shape index (κ1) is 27.0. The van der Waals surface area contributed by atoms with Crippen LogP contribution in [0.25, 0.3) is 0 Å². The van der Waals surface area contributed by atoms with E-state index in [2.05, 4.69) is 0 Å². The number of nitrogens with zero attached hydrogens (tertiary/aromatic N) is 2. The molecule has 170 valence electrons. The van der Waals surface area contributed by atoms with E-state index in [1.54, 1.807) is 60.4 Å². The molecule has 0 heterocycles. The summed E-state index contributed by atoms with van der Waals surface area (Å²) in [6, 6.07) is -0.161. The zero-order chi connectivity index (χ0) is 22.8. The van der Waals surface area contributed by atoms with E-state index in [-0.39, 0.29) is 12.0 Å². The summed E-state index contributed by atoms with van der Waals surface area (Å²) in [4.78, 5) is 39.4. The number of rotatable bonds is 9. The molecular weight excluding hydrogens is 376 g/mol. The Balaban J connectivity index is 4.94. The number of amides is 2. The average Bonchev–Trinajstić information content (AvgIpc) is 2.51. The van der Waals surface area contributed by atoms with Crippen molar-refractivity contribution >= 4 is 18.2 Å². The Morgan fingerprint density at radius 3 is 1.90 bits per heavy atom. The molecule has 8 nitrogen and oxygen atoms in total. The minimum atomic E-state index is -0.628. The van der Waals surface area contributed by atoms with Gasteiger partial charge in [-0.05, 0) is 68.2 Å². The van der Waals surface area contributed by atoms with E-state index in [1.165, 1.54) is 4.90 Å². The van der Waals surface area contributed by atoms with E-state index in [0.717, 1.165) is 0 Å². The molecule has 0 N–H and O–H groups in total.